The Kier molecular flexibility index (Phi) is 7.73. The van der Waals surface area contributed by atoms with Gasteiger partial charge in [0, 0.05) is 27.8 Å². The maximum Gasteiger partial charge on any atom is 0.160 e. The van der Waals surface area contributed by atoms with E-state index in [1.807, 2.05) is 24.3 Å². The fourth-order valence-electron chi connectivity index (χ4n) is 11.1. The van der Waals surface area contributed by atoms with Crippen LogP contribution in [0.25, 0.3) is 56.2 Å². The molecule has 0 saturated carbocycles. The van der Waals surface area contributed by atoms with E-state index in [1.165, 1.54) is 44.5 Å². The molecule has 0 unspecified atom stereocenters. The molecule has 0 atom stereocenters. The molecule has 2 aliphatic carbocycles. The van der Waals surface area contributed by atoms with Crippen molar-refractivity contribution in [1.82, 2.24) is 9.97 Å². The molecule has 9 aromatic carbocycles. The Morgan fingerprint density at radius 2 is 0.698 bits per heavy atom. The average Bonchev–Trinajstić information content (AvgIpc) is 3.66. The van der Waals surface area contributed by atoms with Gasteiger partial charge in [0.2, 0.25) is 0 Å². The van der Waals surface area contributed by atoms with Crippen molar-refractivity contribution in [3.8, 4) is 67.7 Å². The highest BCUT2D eigenvalue weighted by Gasteiger charge is 2.58. The van der Waals surface area contributed by atoms with Crippen molar-refractivity contribution in [3.05, 3.63) is 275 Å². The lowest BCUT2D eigenvalue weighted by atomic mass is 9.51. The molecule has 2 spiro atoms. The lowest BCUT2D eigenvalue weighted by molar-refractivity contribution is 0.429. The fraction of sp³-hybridized carbons (Fsp3) is 0.0333. The zero-order valence-corrected chi connectivity index (χ0v) is 34.2. The molecule has 10 aromatic rings. The first-order valence-corrected chi connectivity index (χ1v) is 21.6. The van der Waals surface area contributed by atoms with E-state index in [2.05, 4.69) is 206 Å². The highest BCUT2D eigenvalue weighted by molar-refractivity contribution is 5.90. The zero-order valence-electron chi connectivity index (χ0n) is 34.2. The smallest absolute Gasteiger partial charge is 0.160 e. The third kappa shape index (κ3) is 5.02. The maximum absolute atomic E-state index is 6.94. The van der Waals surface area contributed by atoms with Gasteiger partial charge in [-0.1, -0.05) is 200 Å². The molecular formula is C60H38N2O. The van der Waals surface area contributed by atoms with E-state index in [9.17, 15) is 0 Å². The maximum atomic E-state index is 6.94. The molecule has 0 fully saturated rings. The van der Waals surface area contributed by atoms with Crippen molar-refractivity contribution >= 4 is 0 Å². The highest BCUT2D eigenvalue weighted by Crippen LogP contribution is 2.67. The van der Waals surface area contributed by atoms with Gasteiger partial charge >= 0.3 is 0 Å². The van der Waals surface area contributed by atoms with Crippen molar-refractivity contribution < 1.29 is 4.74 Å². The van der Waals surface area contributed by atoms with Gasteiger partial charge < -0.3 is 4.74 Å². The van der Waals surface area contributed by atoms with E-state index < -0.39 is 10.8 Å². The van der Waals surface area contributed by atoms with E-state index in [0.29, 0.717) is 5.82 Å². The molecule has 0 N–H and O–H groups in total. The summed E-state index contributed by atoms with van der Waals surface area (Å²) in [5, 5.41) is 0. The molecule has 3 aliphatic rings. The Balaban J connectivity index is 1.04. The van der Waals surface area contributed by atoms with Crippen molar-refractivity contribution in [2.75, 3.05) is 0 Å². The van der Waals surface area contributed by atoms with Crippen molar-refractivity contribution in [3.63, 3.8) is 0 Å². The van der Waals surface area contributed by atoms with Crippen LogP contribution in [0.5, 0.6) is 11.5 Å². The van der Waals surface area contributed by atoms with Gasteiger partial charge in [-0.05, 0) is 86.0 Å². The van der Waals surface area contributed by atoms with E-state index in [4.69, 9.17) is 14.7 Å². The Bertz CT molecular complexity index is 3290. The number of rotatable bonds is 4. The number of aromatic nitrogens is 2. The lowest BCUT2D eigenvalue weighted by Gasteiger charge is -2.51. The number of hydrogen-bond acceptors (Lipinski definition) is 3. The summed E-state index contributed by atoms with van der Waals surface area (Å²) in [7, 11) is 0. The first-order chi connectivity index (χ1) is 31.2. The molecule has 3 heteroatoms. The van der Waals surface area contributed by atoms with Gasteiger partial charge in [0.25, 0.3) is 0 Å². The van der Waals surface area contributed by atoms with Gasteiger partial charge in [0.05, 0.1) is 22.2 Å². The third-order valence-electron chi connectivity index (χ3n) is 13.6. The quantitative estimate of drug-likeness (QED) is 0.178. The molecule has 0 amide bonds. The molecule has 2 heterocycles. The summed E-state index contributed by atoms with van der Waals surface area (Å²) >= 11 is 0. The Morgan fingerprint density at radius 1 is 0.270 bits per heavy atom. The van der Waals surface area contributed by atoms with Gasteiger partial charge in [-0.3, -0.25) is 0 Å². The van der Waals surface area contributed by atoms with Crippen LogP contribution in [0.15, 0.2) is 231 Å². The Hall–Kier alpha value is -8.14. The minimum absolute atomic E-state index is 0.514. The third-order valence-corrected chi connectivity index (χ3v) is 13.6. The number of ether oxygens (including phenoxy) is 1. The predicted octanol–water partition coefficient (Wildman–Crippen LogP) is 14.3. The largest absolute Gasteiger partial charge is 0.457 e. The minimum Gasteiger partial charge on any atom is -0.457 e. The normalized spacial score (nSPS) is 14.1. The second-order valence-electron chi connectivity index (χ2n) is 16.8. The molecule has 1 aromatic heterocycles. The number of nitrogens with zero attached hydrogens (tertiary/aromatic N) is 2. The monoisotopic (exact) mass is 802 g/mol. The van der Waals surface area contributed by atoms with Gasteiger partial charge in [0.1, 0.15) is 11.5 Å². The van der Waals surface area contributed by atoms with Crippen molar-refractivity contribution in [2.45, 2.75) is 10.8 Å². The van der Waals surface area contributed by atoms with Crippen LogP contribution in [0.1, 0.15) is 44.5 Å². The number of benzene rings is 9. The van der Waals surface area contributed by atoms with Crippen LogP contribution in [0.4, 0.5) is 0 Å². The Morgan fingerprint density at radius 3 is 1.32 bits per heavy atom. The predicted molar refractivity (Wildman–Crippen MR) is 253 cm³/mol. The van der Waals surface area contributed by atoms with Gasteiger partial charge in [-0.25, -0.2) is 9.97 Å². The molecule has 0 bridgehead atoms. The molecule has 63 heavy (non-hydrogen) atoms. The van der Waals surface area contributed by atoms with Gasteiger partial charge in [0.15, 0.2) is 5.82 Å². The molecule has 0 saturated heterocycles. The van der Waals surface area contributed by atoms with E-state index in [-0.39, 0.29) is 0 Å². The van der Waals surface area contributed by atoms with Gasteiger partial charge in [-0.15, -0.1) is 0 Å². The second-order valence-corrected chi connectivity index (χ2v) is 16.8. The van der Waals surface area contributed by atoms with Crippen LogP contribution in [0, 0.1) is 0 Å². The standard InChI is InChI=1S/C60H38N2O/c1-3-18-39(19-4-1)54-38-55(62-58(61-54)40-20-5-2-6-21-40)43-23-17-22-41(36-43)42-34-35-57-53(37-42)60(52-32-15-16-33-56(52)63-57)50-30-13-11-28-48(50)59(49-29-12-14-31-51(49)60)46-26-9-7-24-44(46)45-25-8-10-27-47(45)59/h1-38H. The summed E-state index contributed by atoms with van der Waals surface area (Å²) in [5.41, 5.74) is 18.4. The van der Waals surface area contributed by atoms with E-state index in [1.54, 1.807) is 0 Å². The highest BCUT2D eigenvalue weighted by atomic mass is 16.5. The zero-order chi connectivity index (χ0) is 41.5. The minimum atomic E-state index is -0.690. The van der Waals surface area contributed by atoms with Crippen molar-refractivity contribution in [1.29, 1.82) is 0 Å². The van der Waals surface area contributed by atoms with Crippen LogP contribution >= 0.6 is 0 Å². The Labute approximate surface area is 366 Å². The van der Waals surface area contributed by atoms with Crippen molar-refractivity contribution in [2.24, 2.45) is 0 Å². The molecule has 0 radical (unpaired) electrons. The van der Waals surface area contributed by atoms with Crippen LogP contribution < -0.4 is 4.74 Å². The summed E-state index contributed by atoms with van der Waals surface area (Å²) in [6.45, 7) is 0. The summed E-state index contributed by atoms with van der Waals surface area (Å²) < 4.78 is 6.94. The molecule has 13 rings (SSSR count). The van der Waals surface area contributed by atoms with E-state index >= 15 is 0 Å². The van der Waals surface area contributed by atoms with Gasteiger partial charge in [-0.2, -0.15) is 0 Å². The summed E-state index contributed by atoms with van der Waals surface area (Å²) in [5.74, 6) is 2.43. The van der Waals surface area contributed by atoms with Crippen LogP contribution in [0.3, 0.4) is 0 Å². The molecule has 3 nitrogen and oxygen atoms in total. The summed E-state index contributed by atoms with van der Waals surface area (Å²) in [6.07, 6.45) is 0. The first-order valence-electron chi connectivity index (χ1n) is 21.6. The summed E-state index contributed by atoms with van der Waals surface area (Å²) in [6, 6.07) is 83.3. The number of fused-ring (bicyclic) bond motifs is 15. The number of para-hydroxylation sites is 1. The molecular weight excluding hydrogens is 765 g/mol. The SMILES string of the molecule is c1ccc(-c2cc(-c3cccc(-c4ccc5c(c4)C4(c6ccccc6O5)c5ccccc5C5(c6ccccc6-c6ccccc65)c5ccccc54)c3)nc(-c3ccccc3)n2)cc1. The molecule has 294 valence electrons. The van der Waals surface area contributed by atoms with Crippen LogP contribution in [0.2, 0.25) is 0 Å². The van der Waals surface area contributed by atoms with Crippen LogP contribution in [-0.2, 0) is 10.8 Å². The molecule has 1 aliphatic heterocycles. The lowest BCUT2D eigenvalue weighted by Crippen LogP contribution is -2.45. The van der Waals surface area contributed by atoms with E-state index in [0.717, 1.165) is 61.8 Å². The van der Waals surface area contributed by atoms with Crippen LogP contribution in [-0.4, -0.2) is 9.97 Å². The topological polar surface area (TPSA) is 35.0 Å². The first kappa shape index (κ1) is 35.6. The summed E-state index contributed by atoms with van der Waals surface area (Å²) in [4.78, 5) is 10.2. The number of hydrogen-bond donors (Lipinski definition) is 0. The fourth-order valence-corrected chi connectivity index (χ4v) is 11.1. The second kappa shape index (κ2) is 13.7. The average molecular weight is 803 g/mol.